The number of piperidine rings is 1. The van der Waals surface area contributed by atoms with Crippen molar-refractivity contribution in [3.63, 3.8) is 0 Å². The average molecular weight is 528 g/mol. The minimum Gasteiger partial charge on any atom is -0.490 e. The first-order chi connectivity index (χ1) is 16.6. The van der Waals surface area contributed by atoms with Crippen LogP contribution in [0.4, 0.5) is 15.3 Å². The Labute approximate surface area is 217 Å². The number of methoxy groups -OCH3 is 1. The van der Waals surface area contributed by atoms with Crippen molar-refractivity contribution >= 4 is 29.5 Å². The van der Waals surface area contributed by atoms with Crippen molar-refractivity contribution < 1.29 is 28.7 Å². The van der Waals surface area contributed by atoms with Crippen LogP contribution in [0.1, 0.15) is 59.9 Å². The Kier molecular flexibility index (Phi) is 9.82. The van der Waals surface area contributed by atoms with E-state index in [0.29, 0.717) is 38.0 Å². The van der Waals surface area contributed by atoms with Crippen LogP contribution in [0.2, 0.25) is 0 Å². The maximum atomic E-state index is 13.1. The fourth-order valence-corrected chi connectivity index (χ4v) is 4.17. The molecule has 36 heavy (non-hydrogen) atoms. The zero-order valence-corrected chi connectivity index (χ0v) is 23.0. The summed E-state index contributed by atoms with van der Waals surface area (Å²) in [5, 5.41) is 11.2. The summed E-state index contributed by atoms with van der Waals surface area (Å²) < 4.78 is 16.2. The van der Waals surface area contributed by atoms with Gasteiger partial charge in [0, 0.05) is 32.1 Å². The molecule has 202 valence electrons. The van der Waals surface area contributed by atoms with Crippen molar-refractivity contribution in [2.24, 2.45) is 5.92 Å². The number of alkyl halides is 1. The van der Waals surface area contributed by atoms with Gasteiger partial charge in [0.1, 0.15) is 16.7 Å². The van der Waals surface area contributed by atoms with Gasteiger partial charge < -0.3 is 19.1 Å². The third kappa shape index (κ3) is 9.04. The first-order valence-corrected chi connectivity index (χ1v) is 12.5. The lowest BCUT2D eigenvalue weighted by atomic mass is 9.96. The molecule has 0 N–H and O–H groups in total. The molecule has 2 rings (SSSR count). The van der Waals surface area contributed by atoms with E-state index >= 15 is 0 Å². The van der Waals surface area contributed by atoms with E-state index < -0.39 is 27.7 Å². The van der Waals surface area contributed by atoms with Gasteiger partial charge in [-0.15, -0.1) is 0 Å². The van der Waals surface area contributed by atoms with E-state index in [-0.39, 0.29) is 29.9 Å². The lowest BCUT2D eigenvalue weighted by Gasteiger charge is -2.37. The van der Waals surface area contributed by atoms with Gasteiger partial charge in [-0.3, -0.25) is 15.0 Å². The quantitative estimate of drug-likeness (QED) is 0.196. The number of hydrogen-bond donors (Lipinski definition) is 0. The highest BCUT2D eigenvalue weighted by atomic mass is 35.5. The molecule has 1 aliphatic heterocycles. The van der Waals surface area contributed by atoms with E-state index in [4.69, 9.17) is 25.8 Å². The number of amides is 2. The maximum absolute atomic E-state index is 13.1. The van der Waals surface area contributed by atoms with Crippen LogP contribution >= 0.6 is 11.6 Å². The van der Waals surface area contributed by atoms with Gasteiger partial charge in [0.25, 0.3) is 0 Å². The smallest absolute Gasteiger partial charge is 0.411 e. The Hall–Kier alpha value is -2.75. The second kappa shape index (κ2) is 12.0. The Morgan fingerprint density at radius 2 is 1.72 bits per heavy atom. The van der Waals surface area contributed by atoms with Crippen molar-refractivity contribution in [1.29, 1.82) is 0 Å². The van der Waals surface area contributed by atoms with Gasteiger partial charge in [-0.2, -0.15) is 0 Å². The van der Waals surface area contributed by atoms with Crippen LogP contribution in [-0.4, -0.2) is 70.4 Å². The minimum atomic E-state index is -0.755. The highest BCUT2D eigenvalue weighted by molar-refractivity contribution is 6.21. The van der Waals surface area contributed by atoms with Gasteiger partial charge in [-0.05, 0) is 71.9 Å². The summed E-state index contributed by atoms with van der Waals surface area (Å²) in [6.07, 6.45) is 0.741. The van der Waals surface area contributed by atoms with Crippen LogP contribution in [0, 0.1) is 16.0 Å². The zero-order valence-electron chi connectivity index (χ0n) is 22.2. The molecule has 0 aromatic heterocycles. The molecule has 1 atom stereocenters. The van der Waals surface area contributed by atoms with E-state index in [1.807, 2.05) is 20.8 Å². The van der Waals surface area contributed by atoms with E-state index in [0.717, 1.165) is 0 Å². The van der Waals surface area contributed by atoms with Gasteiger partial charge in [-0.1, -0.05) is 17.7 Å². The number of benzene rings is 1. The van der Waals surface area contributed by atoms with Crippen molar-refractivity contribution in [3.8, 4) is 5.75 Å². The summed E-state index contributed by atoms with van der Waals surface area (Å²) in [5.41, 5.74) is -1.48. The number of hydrogen-bond acceptors (Lipinski definition) is 7. The molecule has 1 fully saturated rings. The molecule has 0 aliphatic carbocycles. The molecule has 1 saturated heterocycles. The molecule has 2 amide bonds. The second-order valence-electron chi connectivity index (χ2n) is 10.9. The number of likely N-dealkylation sites (tertiary alicyclic amines) is 1. The fourth-order valence-electron chi connectivity index (χ4n) is 3.83. The molecule has 1 unspecified atom stereocenters. The molecule has 0 bridgehead atoms. The van der Waals surface area contributed by atoms with Gasteiger partial charge in [0.15, 0.2) is 5.75 Å². The molecule has 11 heteroatoms. The highest BCUT2D eigenvalue weighted by Gasteiger charge is 2.33. The SMILES string of the molecule is COc1cc(CC(Cl)N(CC2CCN(C(=O)OC(C)(C)C)CC2)C(=O)OC(C)(C)C)ccc1[N+](=O)[O-]. The van der Waals surface area contributed by atoms with E-state index in [1.165, 1.54) is 18.1 Å². The summed E-state index contributed by atoms with van der Waals surface area (Å²) in [6, 6.07) is 4.52. The maximum Gasteiger partial charge on any atom is 0.411 e. The molecule has 0 radical (unpaired) electrons. The number of carbonyl (C=O) groups excluding carboxylic acids is 2. The number of nitro benzene ring substituents is 1. The summed E-state index contributed by atoms with van der Waals surface area (Å²) in [7, 11) is 1.36. The van der Waals surface area contributed by atoms with Crippen molar-refractivity contribution in [2.45, 2.75) is 77.5 Å². The molecule has 1 aromatic rings. The van der Waals surface area contributed by atoms with Crippen LogP contribution in [0.5, 0.6) is 5.75 Å². The summed E-state index contributed by atoms with van der Waals surface area (Å²) in [6.45, 7) is 12.2. The van der Waals surface area contributed by atoms with Crippen LogP contribution in [0.25, 0.3) is 0 Å². The lowest BCUT2D eigenvalue weighted by molar-refractivity contribution is -0.385. The summed E-state index contributed by atoms with van der Waals surface area (Å²) in [5.74, 6) is 0.239. The first kappa shape index (κ1) is 29.5. The van der Waals surface area contributed by atoms with Crippen molar-refractivity contribution in [2.75, 3.05) is 26.7 Å². The predicted octanol–water partition coefficient (Wildman–Crippen LogP) is 5.60. The molecule has 10 nitrogen and oxygen atoms in total. The molecule has 1 aliphatic rings. The van der Waals surface area contributed by atoms with Crippen LogP contribution in [0.15, 0.2) is 18.2 Å². The average Bonchev–Trinajstić information content (AvgIpc) is 2.75. The van der Waals surface area contributed by atoms with Crippen molar-refractivity contribution in [3.05, 3.63) is 33.9 Å². The number of carbonyl (C=O) groups is 2. The second-order valence-corrected chi connectivity index (χ2v) is 11.4. The summed E-state index contributed by atoms with van der Waals surface area (Å²) >= 11 is 6.74. The van der Waals surface area contributed by atoms with E-state index in [9.17, 15) is 19.7 Å². The van der Waals surface area contributed by atoms with Gasteiger partial charge >= 0.3 is 17.9 Å². The molecular weight excluding hydrogens is 490 g/mol. The summed E-state index contributed by atoms with van der Waals surface area (Å²) in [4.78, 5) is 39.3. The topological polar surface area (TPSA) is 111 Å². The highest BCUT2D eigenvalue weighted by Crippen LogP contribution is 2.30. The molecule has 0 spiro atoms. The van der Waals surface area contributed by atoms with Crippen LogP contribution in [-0.2, 0) is 15.9 Å². The predicted molar refractivity (Wildman–Crippen MR) is 136 cm³/mol. The van der Waals surface area contributed by atoms with E-state index in [2.05, 4.69) is 0 Å². The fraction of sp³-hybridized carbons (Fsp3) is 0.680. The molecular formula is C25H38ClN3O7. The van der Waals surface area contributed by atoms with Crippen molar-refractivity contribution in [1.82, 2.24) is 9.80 Å². The largest absolute Gasteiger partial charge is 0.490 e. The minimum absolute atomic E-state index is 0.115. The number of rotatable bonds is 7. The zero-order chi connectivity index (χ0) is 27.3. The molecule has 1 aromatic carbocycles. The third-order valence-corrected chi connectivity index (χ3v) is 5.92. The molecule has 1 heterocycles. The monoisotopic (exact) mass is 527 g/mol. The van der Waals surface area contributed by atoms with Gasteiger partial charge in [0.05, 0.1) is 12.0 Å². The Morgan fingerprint density at radius 3 is 2.22 bits per heavy atom. The Morgan fingerprint density at radius 1 is 1.14 bits per heavy atom. The van der Waals surface area contributed by atoms with Gasteiger partial charge in [0.2, 0.25) is 0 Å². The Bertz CT molecular complexity index is 935. The number of nitro groups is 1. The number of ether oxygens (including phenoxy) is 3. The van der Waals surface area contributed by atoms with Crippen LogP contribution < -0.4 is 4.74 Å². The number of halogens is 1. The molecule has 0 saturated carbocycles. The standard InChI is InChI=1S/C25H38ClN3O7/c1-24(2,3)35-22(30)27-12-10-17(11-13-27)16-28(23(31)36-25(4,5)6)21(26)15-18-8-9-19(29(32)33)20(14-18)34-7/h8-9,14,17,21H,10-13,15-16H2,1-7H3. The Balaban J connectivity index is 2.12. The lowest BCUT2D eigenvalue weighted by Crippen LogP contribution is -2.47. The van der Waals surface area contributed by atoms with Gasteiger partial charge in [-0.25, -0.2) is 9.59 Å². The number of nitrogens with zero attached hydrogens (tertiary/aromatic N) is 3. The first-order valence-electron chi connectivity index (χ1n) is 12.0. The van der Waals surface area contributed by atoms with E-state index in [1.54, 1.807) is 37.8 Å². The third-order valence-electron chi connectivity index (χ3n) is 5.53. The normalized spacial score (nSPS) is 15.7. The van der Waals surface area contributed by atoms with Crippen LogP contribution in [0.3, 0.4) is 0 Å².